The number of thiophene rings is 1. The highest BCUT2D eigenvalue weighted by atomic mass is 32.2. The van der Waals surface area contributed by atoms with Crippen molar-refractivity contribution in [1.82, 2.24) is 14.6 Å². The van der Waals surface area contributed by atoms with Crippen LogP contribution in [0.25, 0.3) is 5.57 Å². The third-order valence-electron chi connectivity index (χ3n) is 5.44. The standard InChI is InChI=1S/C21H26N4O2S2/c1-3-17-14-18(16(2)23-15-17)19-7-8-21(28-19)29(26,27)25-12-10-24(11-13-25)20-6-4-5-9-22-20/h4-9,14,23H,3,10-13,15H2,1-2H3. The predicted molar refractivity (Wildman–Crippen MR) is 118 cm³/mol. The molecule has 0 unspecified atom stereocenters. The van der Waals surface area contributed by atoms with Crippen LogP contribution in [-0.4, -0.2) is 50.4 Å². The minimum absolute atomic E-state index is 0.413. The van der Waals surface area contributed by atoms with Crippen LogP contribution < -0.4 is 10.2 Å². The van der Waals surface area contributed by atoms with E-state index in [1.54, 1.807) is 16.6 Å². The summed E-state index contributed by atoms with van der Waals surface area (Å²) in [4.78, 5) is 7.49. The first-order valence-electron chi connectivity index (χ1n) is 9.89. The maximum Gasteiger partial charge on any atom is 0.252 e. The van der Waals surface area contributed by atoms with Crippen molar-refractivity contribution in [3.05, 3.63) is 58.8 Å². The van der Waals surface area contributed by atoms with Crippen LogP contribution in [0.4, 0.5) is 5.82 Å². The summed E-state index contributed by atoms with van der Waals surface area (Å²) in [6.07, 6.45) is 4.95. The van der Waals surface area contributed by atoms with Gasteiger partial charge in [0.15, 0.2) is 0 Å². The molecule has 29 heavy (non-hydrogen) atoms. The molecule has 4 rings (SSSR count). The maximum absolute atomic E-state index is 13.2. The zero-order chi connectivity index (χ0) is 20.4. The molecule has 154 valence electrons. The van der Waals surface area contributed by atoms with Gasteiger partial charge in [-0.05, 0) is 37.6 Å². The van der Waals surface area contributed by atoms with Gasteiger partial charge in [0.25, 0.3) is 10.0 Å². The average molecular weight is 431 g/mol. The highest BCUT2D eigenvalue weighted by molar-refractivity contribution is 7.91. The van der Waals surface area contributed by atoms with Gasteiger partial charge in [0.2, 0.25) is 0 Å². The van der Waals surface area contributed by atoms with Gasteiger partial charge in [0.1, 0.15) is 10.0 Å². The van der Waals surface area contributed by atoms with E-state index < -0.39 is 10.0 Å². The molecule has 1 fully saturated rings. The molecule has 0 radical (unpaired) electrons. The molecule has 2 aromatic heterocycles. The lowest BCUT2D eigenvalue weighted by molar-refractivity contribution is 0.385. The number of aromatic nitrogens is 1. The Kier molecular flexibility index (Phi) is 5.76. The molecule has 0 aliphatic carbocycles. The second kappa shape index (κ2) is 8.30. The summed E-state index contributed by atoms with van der Waals surface area (Å²) in [5, 5.41) is 3.41. The van der Waals surface area contributed by atoms with E-state index in [2.05, 4.69) is 28.2 Å². The number of pyridine rings is 1. The molecule has 1 saturated heterocycles. The van der Waals surface area contributed by atoms with Crippen molar-refractivity contribution in [1.29, 1.82) is 0 Å². The van der Waals surface area contributed by atoms with Crippen molar-refractivity contribution in [3.63, 3.8) is 0 Å². The molecule has 4 heterocycles. The molecule has 2 aromatic rings. The van der Waals surface area contributed by atoms with Gasteiger partial charge in [-0.1, -0.05) is 24.6 Å². The molecular formula is C21H26N4O2S2. The van der Waals surface area contributed by atoms with Crippen LogP contribution in [0.5, 0.6) is 0 Å². The zero-order valence-corrected chi connectivity index (χ0v) is 18.4. The van der Waals surface area contributed by atoms with Gasteiger partial charge < -0.3 is 10.2 Å². The number of allylic oxidation sites excluding steroid dienone is 3. The van der Waals surface area contributed by atoms with Gasteiger partial charge in [-0.3, -0.25) is 0 Å². The highest BCUT2D eigenvalue weighted by Crippen LogP contribution is 2.33. The van der Waals surface area contributed by atoms with Gasteiger partial charge in [0.05, 0.1) is 0 Å². The lowest BCUT2D eigenvalue weighted by atomic mass is 10.0. The molecule has 8 heteroatoms. The van der Waals surface area contributed by atoms with Crippen LogP contribution in [-0.2, 0) is 10.0 Å². The molecular weight excluding hydrogens is 404 g/mol. The molecule has 0 aromatic carbocycles. The monoisotopic (exact) mass is 430 g/mol. The Labute approximate surface area is 176 Å². The van der Waals surface area contributed by atoms with Crippen LogP contribution >= 0.6 is 11.3 Å². The van der Waals surface area contributed by atoms with Gasteiger partial charge in [0, 0.05) is 55.1 Å². The topological polar surface area (TPSA) is 65.5 Å². The number of nitrogens with one attached hydrogen (secondary N) is 1. The first kappa shape index (κ1) is 20.1. The number of rotatable bonds is 5. The Morgan fingerprint density at radius 1 is 1.14 bits per heavy atom. The Balaban J connectivity index is 1.50. The van der Waals surface area contributed by atoms with Crippen LogP contribution in [0.2, 0.25) is 0 Å². The minimum Gasteiger partial charge on any atom is -0.384 e. The fourth-order valence-electron chi connectivity index (χ4n) is 3.62. The number of nitrogens with zero attached hydrogens (tertiary/aromatic N) is 3. The number of piperazine rings is 1. The van der Waals surface area contributed by atoms with Gasteiger partial charge >= 0.3 is 0 Å². The van der Waals surface area contributed by atoms with E-state index in [1.165, 1.54) is 16.9 Å². The number of anilines is 1. The van der Waals surface area contributed by atoms with Gasteiger partial charge in [-0.2, -0.15) is 4.31 Å². The Morgan fingerprint density at radius 3 is 2.62 bits per heavy atom. The van der Waals surface area contributed by atoms with Crippen LogP contribution in [0.1, 0.15) is 25.1 Å². The van der Waals surface area contributed by atoms with Gasteiger partial charge in [-0.25, -0.2) is 13.4 Å². The first-order chi connectivity index (χ1) is 14.0. The normalized spacial score (nSPS) is 18.6. The lowest BCUT2D eigenvalue weighted by Crippen LogP contribution is -2.48. The molecule has 0 atom stereocenters. The van der Waals surface area contributed by atoms with Crippen LogP contribution in [0, 0.1) is 0 Å². The van der Waals surface area contributed by atoms with Crippen molar-refractivity contribution in [3.8, 4) is 0 Å². The van der Waals surface area contributed by atoms with Crippen molar-refractivity contribution in [2.24, 2.45) is 0 Å². The second-order valence-corrected chi connectivity index (χ2v) is 10.5. The summed E-state index contributed by atoms with van der Waals surface area (Å²) in [5.41, 5.74) is 3.52. The lowest BCUT2D eigenvalue weighted by Gasteiger charge is -2.34. The van der Waals surface area contributed by atoms with Crippen molar-refractivity contribution < 1.29 is 8.42 Å². The smallest absolute Gasteiger partial charge is 0.252 e. The largest absolute Gasteiger partial charge is 0.384 e. The molecule has 0 saturated carbocycles. The molecule has 0 amide bonds. The number of sulfonamides is 1. The van der Waals surface area contributed by atoms with E-state index in [9.17, 15) is 8.42 Å². The van der Waals surface area contributed by atoms with Gasteiger partial charge in [-0.15, -0.1) is 11.3 Å². The fraction of sp³-hybridized carbons (Fsp3) is 0.381. The Hall–Kier alpha value is -2.16. The van der Waals surface area contributed by atoms with E-state index in [0.717, 1.165) is 34.9 Å². The van der Waals surface area contributed by atoms with E-state index in [4.69, 9.17) is 0 Å². The summed E-state index contributed by atoms with van der Waals surface area (Å²) >= 11 is 1.36. The van der Waals surface area contributed by atoms with Crippen molar-refractivity contribution in [2.75, 3.05) is 37.6 Å². The average Bonchev–Trinajstić information content (AvgIpc) is 3.26. The minimum atomic E-state index is -3.48. The molecule has 0 bridgehead atoms. The highest BCUT2D eigenvalue weighted by Gasteiger charge is 2.30. The summed E-state index contributed by atoms with van der Waals surface area (Å²) in [5.74, 6) is 0.897. The molecule has 0 spiro atoms. The van der Waals surface area contributed by atoms with E-state index >= 15 is 0 Å². The van der Waals surface area contributed by atoms with Crippen molar-refractivity contribution >= 4 is 32.8 Å². The van der Waals surface area contributed by atoms with E-state index in [1.807, 2.05) is 31.2 Å². The zero-order valence-electron chi connectivity index (χ0n) is 16.8. The summed E-state index contributed by atoms with van der Waals surface area (Å²) in [6.45, 7) is 7.27. The fourth-order valence-corrected chi connectivity index (χ4v) is 6.57. The Bertz CT molecular complexity index is 1030. The number of dihydropyridines is 1. The molecule has 2 aliphatic heterocycles. The molecule has 2 aliphatic rings. The maximum atomic E-state index is 13.2. The van der Waals surface area contributed by atoms with E-state index in [0.29, 0.717) is 30.4 Å². The first-order valence-corrected chi connectivity index (χ1v) is 12.1. The summed E-state index contributed by atoms with van der Waals surface area (Å²) < 4.78 is 28.4. The number of hydrogen-bond acceptors (Lipinski definition) is 6. The molecule has 6 nitrogen and oxygen atoms in total. The predicted octanol–water partition coefficient (Wildman–Crippen LogP) is 3.32. The molecule has 1 N–H and O–H groups in total. The van der Waals surface area contributed by atoms with E-state index in [-0.39, 0.29) is 0 Å². The summed E-state index contributed by atoms with van der Waals surface area (Å²) in [7, 11) is -3.48. The van der Waals surface area contributed by atoms with Crippen molar-refractivity contribution in [2.45, 2.75) is 24.5 Å². The van der Waals surface area contributed by atoms with Crippen LogP contribution in [0.15, 0.2) is 58.1 Å². The quantitative estimate of drug-likeness (QED) is 0.788. The SMILES string of the molecule is CCC1=CC(c2ccc(S(=O)(=O)N3CCN(c4ccccn4)CC3)s2)=C(C)NC1. The van der Waals surface area contributed by atoms with Crippen LogP contribution in [0.3, 0.4) is 0 Å². The second-order valence-electron chi connectivity index (χ2n) is 7.25. The third kappa shape index (κ3) is 4.10. The third-order valence-corrected chi connectivity index (χ3v) is 8.92. The summed E-state index contributed by atoms with van der Waals surface area (Å²) in [6, 6.07) is 9.47. The Morgan fingerprint density at radius 2 is 1.93 bits per heavy atom. The number of hydrogen-bond donors (Lipinski definition) is 1.